The van der Waals surface area contributed by atoms with Crippen LogP contribution in [0.25, 0.3) is 0 Å². The quantitative estimate of drug-likeness (QED) is 0.769. The summed E-state index contributed by atoms with van der Waals surface area (Å²) in [5, 5.41) is 3.51. The maximum Gasteiger partial charge on any atom is 0.407 e. The maximum atomic E-state index is 11.9. The standard InChI is InChI=1S/C18H17BrClNO2/c19-16-4-2-1-3-13(16)11-21-17(22)23-12-18(9-10-18)14-5-7-15(20)8-6-14/h1-8H,9-12H2,(H,21,22). The normalized spacial score (nSPS) is 15.0. The van der Waals surface area contributed by atoms with Gasteiger partial charge in [-0.1, -0.05) is 57.9 Å². The van der Waals surface area contributed by atoms with E-state index in [2.05, 4.69) is 21.2 Å². The molecule has 120 valence electrons. The Balaban J connectivity index is 1.51. The number of hydrogen-bond acceptors (Lipinski definition) is 2. The van der Waals surface area contributed by atoms with Crippen LogP contribution in [0, 0.1) is 0 Å². The van der Waals surface area contributed by atoms with Crippen LogP contribution in [0.1, 0.15) is 24.0 Å². The Labute approximate surface area is 149 Å². The first kappa shape index (κ1) is 16.3. The van der Waals surface area contributed by atoms with Gasteiger partial charge in [-0.25, -0.2) is 4.79 Å². The van der Waals surface area contributed by atoms with Crippen LogP contribution in [-0.2, 0) is 16.7 Å². The van der Waals surface area contributed by atoms with Crippen molar-refractivity contribution in [2.24, 2.45) is 0 Å². The molecule has 5 heteroatoms. The molecule has 1 saturated carbocycles. The molecule has 23 heavy (non-hydrogen) atoms. The fourth-order valence-electron chi connectivity index (χ4n) is 2.53. The second kappa shape index (κ2) is 6.93. The predicted molar refractivity (Wildman–Crippen MR) is 94.7 cm³/mol. The molecular weight excluding hydrogens is 378 g/mol. The third kappa shape index (κ3) is 4.06. The minimum absolute atomic E-state index is 0.0325. The van der Waals surface area contributed by atoms with Crippen LogP contribution in [0.3, 0.4) is 0 Å². The lowest BCUT2D eigenvalue weighted by Crippen LogP contribution is -2.27. The Morgan fingerprint density at radius 1 is 1.17 bits per heavy atom. The minimum Gasteiger partial charge on any atom is -0.449 e. The predicted octanol–water partition coefficient (Wildman–Crippen LogP) is 5.06. The number of carbonyl (C=O) groups is 1. The molecule has 0 aliphatic heterocycles. The SMILES string of the molecule is O=C(NCc1ccccc1Br)OCC1(c2ccc(Cl)cc2)CC1. The van der Waals surface area contributed by atoms with Crippen molar-refractivity contribution in [3.8, 4) is 0 Å². The van der Waals surface area contributed by atoms with Gasteiger partial charge < -0.3 is 10.1 Å². The van der Waals surface area contributed by atoms with Crippen molar-refractivity contribution in [2.75, 3.05) is 6.61 Å². The van der Waals surface area contributed by atoms with Crippen LogP contribution in [0.4, 0.5) is 4.79 Å². The third-order valence-electron chi connectivity index (χ3n) is 4.17. The Hall–Kier alpha value is -1.52. The summed E-state index contributed by atoms with van der Waals surface area (Å²) in [7, 11) is 0. The molecule has 0 radical (unpaired) electrons. The molecule has 0 bridgehead atoms. The third-order valence-corrected chi connectivity index (χ3v) is 5.20. The van der Waals surface area contributed by atoms with Gasteiger partial charge in [0.15, 0.2) is 0 Å². The number of ether oxygens (including phenoxy) is 1. The van der Waals surface area contributed by atoms with Gasteiger partial charge in [0.1, 0.15) is 6.61 Å². The van der Waals surface area contributed by atoms with Crippen molar-refractivity contribution >= 4 is 33.6 Å². The van der Waals surface area contributed by atoms with E-state index >= 15 is 0 Å². The van der Waals surface area contributed by atoms with E-state index in [1.54, 1.807) is 0 Å². The van der Waals surface area contributed by atoms with Gasteiger partial charge >= 0.3 is 6.09 Å². The molecule has 0 heterocycles. The Morgan fingerprint density at radius 3 is 2.52 bits per heavy atom. The highest BCUT2D eigenvalue weighted by Gasteiger charge is 2.45. The summed E-state index contributed by atoms with van der Waals surface area (Å²) in [5.41, 5.74) is 2.17. The molecular formula is C18H17BrClNO2. The molecule has 0 spiro atoms. The van der Waals surface area contributed by atoms with Gasteiger partial charge in [0, 0.05) is 21.5 Å². The van der Waals surface area contributed by atoms with E-state index in [0.29, 0.717) is 13.2 Å². The van der Waals surface area contributed by atoms with Crippen LogP contribution >= 0.6 is 27.5 Å². The molecule has 1 fully saturated rings. The zero-order valence-corrected chi connectivity index (χ0v) is 14.9. The number of amides is 1. The van der Waals surface area contributed by atoms with Crippen LogP contribution in [0.15, 0.2) is 53.0 Å². The lowest BCUT2D eigenvalue weighted by atomic mass is 9.97. The molecule has 0 unspecified atom stereocenters. The zero-order valence-electron chi connectivity index (χ0n) is 12.5. The van der Waals surface area contributed by atoms with Gasteiger partial charge in [-0.3, -0.25) is 0 Å². The first-order valence-electron chi connectivity index (χ1n) is 7.49. The highest BCUT2D eigenvalue weighted by molar-refractivity contribution is 9.10. The molecule has 0 saturated heterocycles. The average molecular weight is 395 g/mol. The van der Waals surface area contributed by atoms with Crippen molar-refractivity contribution < 1.29 is 9.53 Å². The summed E-state index contributed by atoms with van der Waals surface area (Å²) in [6.45, 7) is 0.838. The van der Waals surface area contributed by atoms with E-state index in [4.69, 9.17) is 16.3 Å². The fraction of sp³-hybridized carbons (Fsp3) is 0.278. The van der Waals surface area contributed by atoms with Crippen molar-refractivity contribution in [1.82, 2.24) is 5.32 Å². The highest BCUT2D eigenvalue weighted by atomic mass is 79.9. The van der Waals surface area contributed by atoms with Gasteiger partial charge in [-0.15, -0.1) is 0 Å². The summed E-state index contributed by atoms with van der Waals surface area (Å²) in [5.74, 6) is 0. The summed E-state index contributed by atoms with van der Waals surface area (Å²) < 4.78 is 6.39. The number of halogens is 2. The zero-order chi connectivity index (χ0) is 16.3. The van der Waals surface area contributed by atoms with Crippen LogP contribution in [0.2, 0.25) is 5.02 Å². The molecule has 1 N–H and O–H groups in total. The van der Waals surface area contributed by atoms with E-state index in [-0.39, 0.29) is 11.5 Å². The Morgan fingerprint density at radius 2 is 1.87 bits per heavy atom. The largest absolute Gasteiger partial charge is 0.449 e. The second-order valence-corrected chi connectivity index (χ2v) is 7.10. The Bertz CT molecular complexity index is 698. The topological polar surface area (TPSA) is 38.3 Å². The second-order valence-electron chi connectivity index (χ2n) is 5.81. The van der Waals surface area contributed by atoms with Crippen molar-refractivity contribution in [3.63, 3.8) is 0 Å². The summed E-state index contributed by atoms with van der Waals surface area (Å²) >= 11 is 9.38. The molecule has 3 nitrogen and oxygen atoms in total. The summed E-state index contributed by atoms with van der Waals surface area (Å²) in [6.07, 6.45) is 1.68. The number of benzene rings is 2. The lowest BCUT2D eigenvalue weighted by molar-refractivity contribution is 0.134. The van der Waals surface area contributed by atoms with Gasteiger partial charge in [-0.2, -0.15) is 0 Å². The maximum absolute atomic E-state index is 11.9. The molecule has 2 aromatic carbocycles. The number of rotatable bonds is 5. The fourth-order valence-corrected chi connectivity index (χ4v) is 3.09. The number of hydrogen-bond donors (Lipinski definition) is 1. The minimum atomic E-state index is -0.388. The number of alkyl carbamates (subject to hydrolysis) is 1. The molecule has 2 aromatic rings. The van der Waals surface area contributed by atoms with E-state index in [9.17, 15) is 4.79 Å². The van der Waals surface area contributed by atoms with Crippen molar-refractivity contribution in [2.45, 2.75) is 24.8 Å². The summed E-state index contributed by atoms with van der Waals surface area (Å²) in [4.78, 5) is 11.9. The molecule has 1 aliphatic carbocycles. The molecule has 1 amide bonds. The molecule has 0 aromatic heterocycles. The van der Waals surface area contributed by atoms with Gasteiger partial charge in [0.2, 0.25) is 0 Å². The van der Waals surface area contributed by atoms with Crippen LogP contribution in [-0.4, -0.2) is 12.7 Å². The number of nitrogens with one attached hydrogen (secondary N) is 1. The van der Waals surface area contributed by atoms with E-state index in [1.807, 2.05) is 48.5 Å². The molecule has 1 aliphatic rings. The highest BCUT2D eigenvalue weighted by Crippen LogP contribution is 2.48. The van der Waals surface area contributed by atoms with E-state index in [0.717, 1.165) is 27.9 Å². The first-order chi connectivity index (χ1) is 11.1. The van der Waals surface area contributed by atoms with Crippen molar-refractivity contribution in [1.29, 1.82) is 0 Å². The van der Waals surface area contributed by atoms with Crippen LogP contribution in [0.5, 0.6) is 0 Å². The van der Waals surface area contributed by atoms with Crippen molar-refractivity contribution in [3.05, 3.63) is 69.2 Å². The van der Waals surface area contributed by atoms with Gasteiger partial charge in [-0.05, 0) is 42.2 Å². The van der Waals surface area contributed by atoms with Gasteiger partial charge in [0.05, 0.1) is 0 Å². The smallest absolute Gasteiger partial charge is 0.407 e. The van der Waals surface area contributed by atoms with E-state index < -0.39 is 0 Å². The lowest BCUT2D eigenvalue weighted by Gasteiger charge is -2.16. The molecule has 0 atom stereocenters. The molecule has 3 rings (SSSR count). The monoisotopic (exact) mass is 393 g/mol. The first-order valence-corrected chi connectivity index (χ1v) is 8.66. The summed E-state index contributed by atoms with van der Waals surface area (Å²) in [6, 6.07) is 15.6. The van der Waals surface area contributed by atoms with E-state index in [1.165, 1.54) is 5.56 Å². The number of carbonyl (C=O) groups excluding carboxylic acids is 1. The average Bonchev–Trinajstić information content (AvgIpc) is 3.34. The van der Waals surface area contributed by atoms with Gasteiger partial charge in [0.25, 0.3) is 0 Å². The van der Waals surface area contributed by atoms with Crippen LogP contribution < -0.4 is 5.32 Å². The Kier molecular flexibility index (Phi) is 4.93.